The van der Waals surface area contributed by atoms with Crippen LogP contribution in [0.5, 0.6) is 5.75 Å². The number of carbonyl (C=O) groups excluding carboxylic acids is 2. The summed E-state index contributed by atoms with van der Waals surface area (Å²) in [5, 5.41) is 1.43. The molecule has 0 atom stereocenters. The Bertz CT molecular complexity index is 1440. The number of carbonyl (C=O) groups is 2. The van der Waals surface area contributed by atoms with Crippen molar-refractivity contribution in [3.05, 3.63) is 93.9 Å². The third kappa shape index (κ3) is 5.50. The normalized spacial score (nSPS) is 17.9. The lowest BCUT2D eigenvalue weighted by Gasteiger charge is -2.17. The molecule has 3 aromatic rings. The third-order valence-corrected chi connectivity index (χ3v) is 8.51. The van der Waals surface area contributed by atoms with Gasteiger partial charge in [0, 0.05) is 30.7 Å². The highest BCUT2D eigenvalue weighted by Crippen LogP contribution is 2.51. The van der Waals surface area contributed by atoms with Crippen molar-refractivity contribution in [3.63, 3.8) is 0 Å². The van der Waals surface area contributed by atoms with E-state index in [1.807, 2.05) is 72.6 Å². The number of benzene rings is 3. The van der Waals surface area contributed by atoms with E-state index in [4.69, 9.17) is 14.5 Å². The molecule has 7 nitrogen and oxygen atoms in total. The Morgan fingerprint density at radius 3 is 2.55 bits per heavy atom. The van der Waals surface area contributed by atoms with Crippen molar-refractivity contribution in [2.75, 3.05) is 32.3 Å². The maximum Gasteiger partial charge on any atom is 0.269 e. The molecule has 1 saturated heterocycles. The number of amidine groups is 1. The fourth-order valence-electron chi connectivity index (χ4n) is 4.09. The number of nitrogens with zero attached hydrogens (tertiary/aromatic N) is 3. The highest BCUT2D eigenvalue weighted by atomic mass is 32.2. The minimum Gasteiger partial charge on any atom is -0.491 e. The van der Waals surface area contributed by atoms with Crippen molar-refractivity contribution in [1.82, 2.24) is 4.90 Å². The molecule has 0 aliphatic carbocycles. The second kappa shape index (κ2) is 11.5. The molecule has 2 aliphatic heterocycles. The lowest BCUT2D eigenvalue weighted by atomic mass is 10.1. The summed E-state index contributed by atoms with van der Waals surface area (Å²) >= 11 is 2.92. The number of Topliss-reactive ketones (excluding diaryl/α,β-unsaturated/α-hetero) is 1. The monoisotopic (exact) mass is 545 g/mol. The van der Waals surface area contributed by atoms with Crippen molar-refractivity contribution in [3.8, 4) is 5.75 Å². The number of rotatable bonds is 8. The molecule has 0 saturated carbocycles. The maximum atomic E-state index is 13.8. The Balaban J connectivity index is 1.49. The third-order valence-electron chi connectivity index (χ3n) is 6.08. The fourth-order valence-corrected chi connectivity index (χ4v) is 6.41. The summed E-state index contributed by atoms with van der Waals surface area (Å²) in [6, 6.07) is 23.0. The first kappa shape index (κ1) is 26.1. The molecular weight excluding hydrogens is 518 g/mol. The predicted molar refractivity (Wildman–Crippen MR) is 153 cm³/mol. The highest BCUT2D eigenvalue weighted by Gasteiger charge is 2.39. The number of ether oxygens (including phenoxy) is 2. The van der Waals surface area contributed by atoms with Gasteiger partial charge in [0.05, 0.1) is 29.6 Å². The van der Waals surface area contributed by atoms with Gasteiger partial charge in [0.25, 0.3) is 5.91 Å². The van der Waals surface area contributed by atoms with E-state index in [1.165, 1.54) is 18.7 Å². The highest BCUT2D eigenvalue weighted by molar-refractivity contribution is 8.19. The van der Waals surface area contributed by atoms with Crippen molar-refractivity contribution in [1.29, 1.82) is 0 Å². The van der Waals surface area contributed by atoms with Crippen LogP contribution < -0.4 is 9.64 Å². The van der Waals surface area contributed by atoms with Gasteiger partial charge >= 0.3 is 0 Å². The first-order chi connectivity index (χ1) is 18.4. The summed E-state index contributed by atoms with van der Waals surface area (Å²) in [7, 11) is 3.60. The quantitative estimate of drug-likeness (QED) is 0.193. The number of ketones is 1. The zero-order chi connectivity index (χ0) is 26.6. The lowest BCUT2D eigenvalue weighted by Crippen LogP contribution is -2.29. The SMILES string of the molecule is COCCOc1ccc2c(c1)N(C)/C(=C1/S/C(=N/c3cccc(C(C)=O)c3)N(Cc3ccccc3)C1=O)S2. The number of hydrogen-bond acceptors (Lipinski definition) is 8. The number of fused-ring (bicyclic) bond motifs is 1. The number of hydrogen-bond donors (Lipinski definition) is 0. The molecule has 0 N–H and O–H groups in total. The van der Waals surface area contributed by atoms with E-state index in [-0.39, 0.29) is 11.7 Å². The van der Waals surface area contributed by atoms with Crippen LogP contribution >= 0.6 is 23.5 Å². The number of methoxy groups -OCH3 is 1. The summed E-state index contributed by atoms with van der Waals surface area (Å²) < 4.78 is 10.9. The average molecular weight is 546 g/mol. The van der Waals surface area contributed by atoms with Gasteiger partial charge in [0.15, 0.2) is 11.0 Å². The lowest BCUT2D eigenvalue weighted by molar-refractivity contribution is -0.122. The van der Waals surface area contributed by atoms with Gasteiger partial charge in [-0.05, 0) is 48.5 Å². The molecule has 38 heavy (non-hydrogen) atoms. The molecule has 0 spiro atoms. The van der Waals surface area contributed by atoms with E-state index in [1.54, 1.807) is 35.9 Å². The maximum absolute atomic E-state index is 13.8. The smallest absolute Gasteiger partial charge is 0.269 e. The van der Waals surface area contributed by atoms with Crippen LogP contribution in [0.3, 0.4) is 0 Å². The van der Waals surface area contributed by atoms with E-state index in [0.29, 0.717) is 41.1 Å². The van der Waals surface area contributed by atoms with Crippen molar-refractivity contribution in [2.45, 2.75) is 18.4 Å². The van der Waals surface area contributed by atoms with Crippen LogP contribution in [0.1, 0.15) is 22.8 Å². The van der Waals surface area contributed by atoms with E-state index in [0.717, 1.165) is 26.9 Å². The predicted octanol–water partition coefficient (Wildman–Crippen LogP) is 6.09. The zero-order valence-corrected chi connectivity index (χ0v) is 23.0. The molecule has 3 aromatic carbocycles. The topological polar surface area (TPSA) is 71.4 Å². The number of aliphatic imine (C=N–C) groups is 1. The Labute approximate surface area is 230 Å². The second-order valence-electron chi connectivity index (χ2n) is 8.75. The molecule has 9 heteroatoms. The van der Waals surface area contributed by atoms with Crippen molar-refractivity contribution < 1.29 is 19.1 Å². The van der Waals surface area contributed by atoms with Crippen LogP contribution in [0.4, 0.5) is 11.4 Å². The Hall–Kier alpha value is -3.53. The largest absolute Gasteiger partial charge is 0.491 e. The molecule has 1 fully saturated rings. The summed E-state index contributed by atoms with van der Waals surface area (Å²) in [5.74, 6) is 0.626. The summed E-state index contributed by atoms with van der Waals surface area (Å²) in [6.07, 6.45) is 0. The van der Waals surface area contributed by atoms with Crippen LogP contribution in [-0.2, 0) is 16.1 Å². The van der Waals surface area contributed by atoms with Gasteiger partial charge in [0.2, 0.25) is 0 Å². The summed E-state index contributed by atoms with van der Waals surface area (Å²) in [4.78, 5) is 36.0. The van der Waals surface area contributed by atoms with Gasteiger partial charge in [-0.2, -0.15) is 0 Å². The Morgan fingerprint density at radius 2 is 1.79 bits per heavy atom. The molecule has 194 valence electrons. The molecule has 0 unspecified atom stereocenters. The molecule has 2 aliphatic rings. The van der Waals surface area contributed by atoms with Gasteiger partial charge < -0.3 is 14.4 Å². The molecular formula is C29H27N3O4S2. The minimum atomic E-state index is -0.0981. The fraction of sp³-hybridized carbons (Fsp3) is 0.207. The van der Waals surface area contributed by atoms with Crippen LogP contribution in [0.25, 0.3) is 0 Å². The Morgan fingerprint density at radius 1 is 0.974 bits per heavy atom. The van der Waals surface area contributed by atoms with Crippen molar-refractivity contribution in [2.24, 2.45) is 4.99 Å². The average Bonchev–Trinajstić information content (AvgIpc) is 3.40. The molecule has 0 aromatic heterocycles. The van der Waals surface area contributed by atoms with Crippen LogP contribution in [0, 0.1) is 0 Å². The van der Waals surface area contributed by atoms with E-state index < -0.39 is 0 Å². The number of thioether (sulfide) groups is 2. The van der Waals surface area contributed by atoms with Gasteiger partial charge in [-0.1, -0.05) is 54.2 Å². The Kier molecular flexibility index (Phi) is 7.87. The first-order valence-electron chi connectivity index (χ1n) is 12.1. The molecule has 0 radical (unpaired) electrons. The van der Waals surface area contributed by atoms with Gasteiger partial charge in [-0.3, -0.25) is 14.5 Å². The van der Waals surface area contributed by atoms with E-state index >= 15 is 0 Å². The molecule has 2 heterocycles. The van der Waals surface area contributed by atoms with E-state index in [9.17, 15) is 9.59 Å². The summed E-state index contributed by atoms with van der Waals surface area (Å²) in [6.45, 7) is 2.90. The summed E-state index contributed by atoms with van der Waals surface area (Å²) in [5.41, 5.74) is 3.20. The van der Waals surface area contributed by atoms with Gasteiger partial charge in [-0.25, -0.2) is 4.99 Å². The molecule has 5 rings (SSSR count). The van der Waals surface area contributed by atoms with Crippen LogP contribution in [-0.4, -0.2) is 49.1 Å². The van der Waals surface area contributed by atoms with Crippen LogP contribution in [0.15, 0.2) is 92.6 Å². The zero-order valence-electron chi connectivity index (χ0n) is 21.3. The minimum absolute atomic E-state index is 0.0292. The molecule has 0 bridgehead atoms. The first-order valence-corrected chi connectivity index (χ1v) is 13.7. The van der Waals surface area contributed by atoms with Crippen LogP contribution in [0.2, 0.25) is 0 Å². The second-order valence-corrected chi connectivity index (χ2v) is 10.8. The number of amides is 1. The standard InChI is InChI=1S/C29H27N3O4S2/c1-19(33)21-10-7-11-22(16-21)30-29-32(18-20-8-5-4-6-9-20)27(34)26(38-29)28-31(2)24-17-23(36-15-14-35-3)12-13-25(24)37-28/h4-13,16-17H,14-15,18H2,1-3H3/b28-26-,30-29+. The van der Waals surface area contributed by atoms with E-state index in [2.05, 4.69) is 0 Å². The van der Waals surface area contributed by atoms with Crippen molar-refractivity contribution >= 4 is 51.8 Å². The molecule has 1 amide bonds. The van der Waals surface area contributed by atoms with Gasteiger partial charge in [-0.15, -0.1) is 0 Å². The number of anilines is 1. The van der Waals surface area contributed by atoms with Gasteiger partial charge in [0.1, 0.15) is 17.3 Å².